The molecular formula is C29H24O5. The Hall–Kier alpha value is -4.38. The van der Waals surface area contributed by atoms with E-state index in [0.717, 1.165) is 27.8 Å². The number of aryl methyl sites for hydroxylation is 1. The SMILES string of the molecule is Cc1ccc(C2=C(Cc3ccc(O)cc3)c3cc(O)cc(O)c3[C@@H]2c2cc(O)cc(O)c2)cc1. The predicted octanol–water partition coefficient (Wildman–Crippen LogP) is 5.82. The van der Waals surface area contributed by atoms with Gasteiger partial charge in [0.05, 0.1) is 0 Å². The molecule has 0 heterocycles. The first-order valence-corrected chi connectivity index (χ1v) is 11.0. The molecule has 0 amide bonds. The zero-order valence-corrected chi connectivity index (χ0v) is 18.5. The fraction of sp³-hybridized carbons (Fsp3) is 0.103. The highest BCUT2D eigenvalue weighted by Gasteiger charge is 2.36. The fourth-order valence-electron chi connectivity index (χ4n) is 4.84. The van der Waals surface area contributed by atoms with Crippen molar-refractivity contribution in [2.24, 2.45) is 0 Å². The molecule has 5 N–H and O–H groups in total. The van der Waals surface area contributed by atoms with Crippen LogP contribution in [-0.4, -0.2) is 25.5 Å². The largest absolute Gasteiger partial charge is 0.508 e. The molecule has 5 nitrogen and oxygen atoms in total. The molecule has 0 aliphatic heterocycles. The normalized spacial score (nSPS) is 14.9. The van der Waals surface area contributed by atoms with Crippen molar-refractivity contribution in [2.45, 2.75) is 19.3 Å². The minimum Gasteiger partial charge on any atom is -0.508 e. The lowest BCUT2D eigenvalue weighted by molar-refractivity contribution is 0.443. The van der Waals surface area contributed by atoms with Gasteiger partial charge in [-0.15, -0.1) is 0 Å². The average molecular weight is 453 g/mol. The van der Waals surface area contributed by atoms with Crippen molar-refractivity contribution in [3.05, 3.63) is 112 Å². The summed E-state index contributed by atoms with van der Waals surface area (Å²) >= 11 is 0. The first kappa shape index (κ1) is 21.5. The van der Waals surface area contributed by atoms with Gasteiger partial charge in [0.1, 0.15) is 28.7 Å². The molecule has 0 radical (unpaired) electrons. The quantitative estimate of drug-likeness (QED) is 0.269. The predicted molar refractivity (Wildman–Crippen MR) is 131 cm³/mol. The van der Waals surface area contributed by atoms with Crippen molar-refractivity contribution in [1.29, 1.82) is 0 Å². The minimum absolute atomic E-state index is 0.0536. The van der Waals surface area contributed by atoms with Crippen molar-refractivity contribution >= 4 is 11.1 Å². The average Bonchev–Trinajstić information content (AvgIpc) is 3.09. The molecule has 0 unspecified atom stereocenters. The van der Waals surface area contributed by atoms with Gasteiger partial charge in [0.25, 0.3) is 0 Å². The Bertz CT molecular complexity index is 1400. The molecule has 0 saturated carbocycles. The Balaban J connectivity index is 1.82. The number of benzene rings is 4. The summed E-state index contributed by atoms with van der Waals surface area (Å²) in [6.07, 6.45) is 0.487. The van der Waals surface area contributed by atoms with E-state index in [2.05, 4.69) is 0 Å². The Kier molecular flexibility index (Phi) is 5.17. The third kappa shape index (κ3) is 3.82. The summed E-state index contributed by atoms with van der Waals surface area (Å²) in [4.78, 5) is 0. The summed E-state index contributed by atoms with van der Waals surface area (Å²) in [7, 11) is 0. The molecule has 34 heavy (non-hydrogen) atoms. The van der Waals surface area contributed by atoms with Crippen LogP contribution in [0.2, 0.25) is 0 Å². The second-order valence-electron chi connectivity index (χ2n) is 8.74. The highest BCUT2D eigenvalue weighted by atomic mass is 16.3. The molecule has 4 aromatic carbocycles. The molecule has 0 saturated heterocycles. The van der Waals surface area contributed by atoms with Gasteiger partial charge < -0.3 is 25.5 Å². The van der Waals surface area contributed by atoms with Crippen LogP contribution in [0.1, 0.15) is 39.3 Å². The van der Waals surface area contributed by atoms with Gasteiger partial charge in [0, 0.05) is 23.6 Å². The number of hydrogen-bond donors (Lipinski definition) is 5. The van der Waals surface area contributed by atoms with Crippen molar-refractivity contribution < 1.29 is 25.5 Å². The zero-order chi connectivity index (χ0) is 24.0. The summed E-state index contributed by atoms with van der Waals surface area (Å²) in [5.41, 5.74) is 6.73. The molecule has 0 fully saturated rings. The van der Waals surface area contributed by atoms with Gasteiger partial charge in [-0.25, -0.2) is 0 Å². The molecule has 170 valence electrons. The van der Waals surface area contributed by atoms with Crippen molar-refractivity contribution in [3.8, 4) is 28.7 Å². The highest BCUT2D eigenvalue weighted by molar-refractivity contribution is 6.03. The van der Waals surface area contributed by atoms with Crippen molar-refractivity contribution in [1.82, 2.24) is 0 Å². The van der Waals surface area contributed by atoms with E-state index in [4.69, 9.17) is 0 Å². The molecule has 5 rings (SSSR count). The van der Waals surface area contributed by atoms with E-state index < -0.39 is 5.92 Å². The van der Waals surface area contributed by atoms with Gasteiger partial charge >= 0.3 is 0 Å². The van der Waals surface area contributed by atoms with Gasteiger partial charge in [-0.05, 0) is 77.1 Å². The van der Waals surface area contributed by atoms with E-state index in [-0.39, 0.29) is 28.7 Å². The molecule has 0 aromatic heterocycles. The highest BCUT2D eigenvalue weighted by Crippen LogP contribution is 2.55. The lowest BCUT2D eigenvalue weighted by Gasteiger charge is -2.20. The second kappa shape index (κ2) is 8.19. The van der Waals surface area contributed by atoms with E-state index in [0.29, 0.717) is 23.1 Å². The summed E-state index contributed by atoms with van der Waals surface area (Å²) < 4.78 is 0. The molecule has 0 spiro atoms. The third-order valence-corrected chi connectivity index (χ3v) is 6.31. The maximum absolute atomic E-state index is 11.0. The first-order chi connectivity index (χ1) is 16.3. The molecule has 5 heteroatoms. The Morgan fingerprint density at radius 1 is 0.647 bits per heavy atom. The van der Waals surface area contributed by atoms with E-state index >= 15 is 0 Å². The lowest BCUT2D eigenvalue weighted by Crippen LogP contribution is -2.02. The van der Waals surface area contributed by atoms with Crippen LogP contribution in [0.25, 0.3) is 11.1 Å². The van der Waals surface area contributed by atoms with Gasteiger partial charge in [0.2, 0.25) is 0 Å². The van der Waals surface area contributed by atoms with Crippen molar-refractivity contribution in [2.75, 3.05) is 0 Å². The van der Waals surface area contributed by atoms with E-state index in [9.17, 15) is 25.5 Å². The van der Waals surface area contributed by atoms with Crippen LogP contribution >= 0.6 is 0 Å². The number of fused-ring (bicyclic) bond motifs is 1. The summed E-state index contributed by atoms with van der Waals surface area (Å²) in [5, 5.41) is 51.5. The number of rotatable bonds is 4. The second-order valence-corrected chi connectivity index (χ2v) is 8.74. The number of hydrogen-bond acceptors (Lipinski definition) is 5. The van der Waals surface area contributed by atoms with Gasteiger partial charge in [0.15, 0.2) is 0 Å². The standard InChI is InChI=1S/C29H24O5/c1-16-2-6-18(7-3-16)27-24(10-17-4-8-20(30)9-5-17)25-14-23(33)15-26(34)29(25)28(27)19-11-21(31)13-22(32)12-19/h2-9,11-15,28,30-34H,10H2,1H3/t28-/m1/s1. The first-order valence-electron chi connectivity index (χ1n) is 11.0. The fourth-order valence-corrected chi connectivity index (χ4v) is 4.84. The number of phenolic OH excluding ortho intramolecular Hbond substituents is 5. The van der Waals surface area contributed by atoms with Crippen LogP contribution in [0.4, 0.5) is 0 Å². The molecular weight excluding hydrogens is 428 g/mol. The monoisotopic (exact) mass is 452 g/mol. The summed E-state index contributed by atoms with van der Waals surface area (Å²) in [5.74, 6) is -0.583. The Morgan fingerprint density at radius 3 is 1.91 bits per heavy atom. The number of phenols is 5. The molecule has 0 bridgehead atoms. The van der Waals surface area contributed by atoms with E-state index in [1.54, 1.807) is 30.3 Å². The Labute approximate surface area is 197 Å². The molecule has 4 aromatic rings. The molecule has 1 aliphatic carbocycles. The summed E-state index contributed by atoms with van der Waals surface area (Å²) in [6.45, 7) is 2.01. The number of aromatic hydroxyl groups is 5. The van der Waals surface area contributed by atoms with Gasteiger partial charge in [-0.1, -0.05) is 42.0 Å². The van der Waals surface area contributed by atoms with Crippen LogP contribution in [0.3, 0.4) is 0 Å². The van der Waals surface area contributed by atoms with Gasteiger partial charge in [-0.2, -0.15) is 0 Å². The van der Waals surface area contributed by atoms with E-state index in [1.807, 2.05) is 43.3 Å². The number of allylic oxidation sites excluding steroid dienone is 2. The minimum atomic E-state index is -0.483. The lowest BCUT2D eigenvalue weighted by atomic mass is 9.84. The van der Waals surface area contributed by atoms with Crippen molar-refractivity contribution in [3.63, 3.8) is 0 Å². The maximum Gasteiger partial charge on any atom is 0.124 e. The van der Waals surface area contributed by atoms with Crippen LogP contribution in [-0.2, 0) is 6.42 Å². The smallest absolute Gasteiger partial charge is 0.124 e. The maximum atomic E-state index is 11.0. The van der Waals surface area contributed by atoms with Gasteiger partial charge in [-0.3, -0.25) is 0 Å². The topological polar surface area (TPSA) is 101 Å². The van der Waals surface area contributed by atoms with Crippen LogP contribution < -0.4 is 0 Å². The Morgan fingerprint density at radius 2 is 1.26 bits per heavy atom. The van der Waals surface area contributed by atoms with Crippen LogP contribution in [0, 0.1) is 6.92 Å². The zero-order valence-electron chi connectivity index (χ0n) is 18.5. The molecule has 1 aliphatic rings. The molecule has 1 atom stereocenters. The van der Waals surface area contributed by atoms with Crippen LogP contribution in [0.15, 0.2) is 78.9 Å². The third-order valence-electron chi connectivity index (χ3n) is 6.31. The van der Waals surface area contributed by atoms with Crippen LogP contribution in [0.5, 0.6) is 28.7 Å². The summed E-state index contributed by atoms with van der Waals surface area (Å²) in [6, 6.07) is 22.4. The van der Waals surface area contributed by atoms with E-state index in [1.165, 1.54) is 12.1 Å².